The highest BCUT2D eigenvalue weighted by atomic mass is 16.5. The van der Waals surface area contributed by atoms with Crippen LogP contribution in [0.2, 0.25) is 0 Å². The van der Waals surface area contributed by atoms with Gasteiger partial charge >= 0.3 is 6.03 Å². The summed E-state index contributed by atoms with van der Waals surface area (Å²) >= 11 is 0. The number of hydrogen-bond acceptors (Lipinski definition) is 5. The Hall–Kier alpha value is -3.03. The van der Waals surface area contributed by atoms with E-state index in [2.05, 4.69) is 15.8 Å². The topological polar surface area (TPSA) is 96.7 Å². The summed E-state index contributed by atoms with van der Waals surface area (Å²) in [5.74, 6) is 0.894. The Morgan fingerprint density at radius 1 is 1.32 bits per heavy atom. The van der Waals surface area contributed by atoms with Crippen LogP contribution < -0.4 is 15.4 Å². The lowest BCUT2D eigenvalue weighted by atomic mass is 10.1. The van der Waals surface area contributed by atoms with Gasteiger partial charge in [-0.3, -0.25) is 4.79 Å². The van der Waals surface area contributed by atoms with Gasteiger partial charge in [-0.1, -0.05) is 5.16 Å². The van der Waals surface area contributed by atoms with E-state index in [1.165, 1.54) is 12.0 Å². The second-order valence-corrected chi connectivity index (χ2v) is 5.58. The number of methoxy groups -OCH3 is 1. The van der Waals surface area contributed by atoms with Crippen LogP contribution in [0.5, 0.6) is 5.75 Å². The lowest BCUT2D eigenvalue weighted by Gasteiger charge is -2.19. The number of benzene rings is 1. The number of aromatic nitrogens is 1. The number of urea groups is 1. The molecule has 0 aliphatic rings. The molecular formula is C17H22N4O4. The van der Waals surface area contributed by atoms with Crippen LogP contribution >= 0.6 is 0 Å². The molecule has 0 aliphatic carbocycles. The maximum Gasteiger partial charge on any atom is 0.321 e. The van der Waals surface area contributed by atoms with Crippen molar-refractivity contribution in [1.29, 1.82) is 0 Å². The van der Waals surface area contributed by atoms with Gasteiger partial charge in [0.1, 0.15) is 11.5 Å². The molecule has 0 bridgehead atoms. The molecule has 8 heteroatoms. The summed E-state index contributed by atoms with van der Waals surface area (Å²) < 4.78 is 10.4. The zero-order valence-corrected chi connectivity index (χ0v) is 15.0. The Labute approximate surface area is 146 Å². The lowest BCUT2D eigenvalue weighted by Crippen LogP contribution is -2.31. The van der Waals surface area contributed by atoms with Crippen molar-refractivity contribution in [3.8, 4) is 5.75 Å². The van der Waals surface area contributed by atoms with Crippen LogP contribution in [0.1, 0.15) is 27.4 Å². The van der Waals surface area contributed by atoms with Gasteiger partial charge in [-0.15, -0.1) is 0 Å². The van der Waals surface area contributed by atoms with Crippen LogP contribution in [-0.4, -0.2) is 43.2 Å². The summed E-state index contributed by atoms with van der Waals surface area (Å²) in [5.41, 5.74) is 2.45. The first-order valence-corrected chi connectivity index (χ1v) is 7.71. The fraction of sp³-hybridized carbons (Fsp3) is 0.353. The second kappa shape index (κ2) is 7.69. The van der Waals surface area contributed by atoms with Crippen molar-refractivity contribution in [3.05, 3.63) is 40.8 Å². The van der Waals surface area contributed by atoms with Crippen molar-refractivity contribution < 1.29 is 18.8 Å². The largest absolute Gasteiger partial charge is 0.495 e. The molecule has 2 aromatic rings. The molecule has 0 radical (unpaired) electrons. The van der Waals surface area contributed by atoms with Gasteiger partial charge in [0.2, 0.25) is 0 Å². The van der Waals surface area contributed by atoms with Crippen molar-refractivity contribution in [2.24, 2.45) is 0 Å². The van der Waals surface area contributed by atoms with Crippen LogP contribution in [0.4, 0.5) is 10.5 Å². The molecule has 1 heterocycles. The minimum Gasteiger partial charge on any atom is -0.495 e. The number of amides is 3. The van der Waals surface area contributed by atoms with E-state index in [0.717, 1.165) is 11.3 Å². The monoisotopic (exact) mass is 346 g/mol. The SMILES string of the molecule is CNC(=O)c1ccc(OC)c(NC(=O)N(C)Cc2c(C)noc2C)c1. The molecule has 25 heavy (non-hydrogen) atoms. The van der Waals surface area contributed by atoms with Gasteiger partial charge in [-0.05, 0) is 32.0 Å². The van der Waals surface area contributed by atoms with E-state index in [9.17, 15) is 9.59 Å². The summed E-state index contributed by atoms with van der Waals surface area (Å²) in [5, 5.41) is 9.19. The van der Waals surface area contributed by atoms with Crippen molar-refractivity contribution in [1.82, 2.24) is 15.4 Å². The second-order valence-electron chi connectivity index (χ2n) is 5.58. The van der Waals surface area contributed by atoms with Gasteiger partial charge in [0.25, 0.3) is 5.91 Å². The van der Waals surface area contributed by atoms with E-state index in [1.807, 2.05) is 6.92 Å². The molecular weight excluding hydrogens is 324 g/mol. The van der Waals surface area contributed by atoms with E-state index in [1.54, 1.807) is 39.2 Å². The third-order valence-electron chi connectivity index (χ3n) is 3.85. The highest BCUT2D eigenvalue weighted by Crippen LogP contribution is 2.26. The number of anilines is 1. The van der Waals surface area contributed by atoms with E-state index >= 15 is 0 Å². The summed E-state index contributed by atoms with van der Waals surface area (Å²) in [7, 11) is 4.70. The molecule has 0 aliphatic heterocycles. The van der Waals surface area contributed by atoms with Crippen molar-refractivity contribution in [2.45, 2.75) is 20.4 Å². The van der Waals surface area contributed by atoms with Gasteiger partial charge in [0.15, 0.2) is 0 Å². The Morgan fingerprint density at radius 2 is 2.04 bits per heavy atom. The Morgan fingerprint density at radius 3 is 2.60 bits per heavy atom. The van der Waals surface area contributed by atoms with E-state index in [4.69, 9.17) is 9.26 Å². The molecule has 1 aromatic carbocycles. The molecule has 0 atom stereocenters. The minimum absolute atomic E-state index is 0.248. The average molecular weight is 346 g/mol. The van der Waals surface area contributed by atoms with Gasteiger partial charge in [-0.2, -0.15) is 0 Å². The van der Waals surface area contributed by atoms with Crippen molar-refractivity contribution in [2.75, 3.05) is 26.5 Å². The van der Waals surface area contributed by atoms with Gasteiger partial charge in [0, 0.05) is 25.2 Å². The maximum atomic E-state index is 12.5. The molecule has 0 unspecified atom stereocenters. The van der Waals surface area contributed by atoms with Gasteiger partial charge < -0.3 is 24.8 Å². The predicted molar refractivity (Wildman–Crippen MR) is 92.8 cm³/mol. The smallest absolute Gasteiger partial charge is 0.321 e. The summed E-state index contributed by atoms with van der Waals surface area (Å²) in [4.78, 5) is 25.8. The molecule has 0 saturated carbocycles. The Bertz CT molecular complexity index is 765. The normalized spacial score (nSPS) is 10.3. The third kappa shape index (κ3) is 4.09. The van der Waals surface area contributed by atoms with Gasteiger partial charge in [0.05, 0.1) is 25.0 Å². The molecule has 2 rings (SSSR count). The van der Waals surface area contributed by atoms with E-state index in [0.29, 0.717) is 29.3 Å². The zero-order chi connectivity index (χ0) is 18.6. The number of hydrogen-bond donors (Lipinski definition) is 2. The number of aryl methyl sites for hydroxylation is 2. The zero-order valence-electron chi connectivity index (χ0n) is 15.0. The van der Waals surface area contributed by atoms with Crippen LogP contribution in [0, 0.1) is 13.8 Å². The molecule has 134 valence electrons. The fourth-order valence-corrected chi connectivity index (χ4v) is 2.34. The number of carbonyl (C=O) groups excluding carboxylic acids is 2. The number of carbonyl (C=O) groups is 2. The lowest BCUT2D eigenvalue weighted by molar-refractivity contribution is 0.0963. The van der Waals surface area contributed by atoms with E-state index < -0.39 is 0 Å². The summed E-state index contributed by atoms with van der Waals surface area (Å²) in [6.45, 7) is 3.98. The minimum atomic E-state index is -0.340. The van der Waals surface area contributed by atoms with Crippen LogP contribution in [0.25, 0.3) is 0 Å². The van der Waals surface area contributed by atoms with Crippen LogP contribution in [-0.2, 0) is 6.54 Å². The summed E-state index contributed by atoms with van der Waals surface area (Å²) in [6, 6.07) is 4.49. The highest BCUT2D eigenvalue weighted by Gasteiger charge is 2.17. The molecule has 0 spiro atoms. The fourth-order valence-electron chi connectivity index (χ4n) is 2.34. The van der Waals surface area contributed by atoms with Crippen molar-refractivity contribution >= 4 is 17.6 Å². The molecule has 3 amide bonds. The molecule has 0 saturated heterocycles. The molecule has 0 fully saturated rings. The number of rotatable bonds is 5. The first-order valence-electron chi connectivity index (χ1n) is 7.71. The van der Waals surface area contributed by atoms with Crippen molar-refractivity contribution in [3.63, 3.8) is 0 Å². The third-order valence-corrected chi connectivity index (χ3v) is 3.85. The standard InChI is InChI=1S/C17H22N4O4/c1-10-13(11(2)25-20-10)9-21(4)17(23)19-14-8-12(16(22)18-3)6-7-15(14)24-5/h6-8H,9H2,1-5H3,(H,18,22)(H,19,23). The molecule has 2 N–H and O–H groups in total. The van der Waals surface area contributed by atoms with Crippen LogP contribution in [0.15, 0.2) is 22.7 Å². The first kappa shape index (κ1) is 18.3. The Kier molecular flexibility index (Phi) is 5.63. The van der Waals surface area contributed by atoms with E-state index in [-0.39, 0.29) is 11.9 Å². The molecule has 1 aromatic heterocycles. The number of nitrogens with one attached hydrogen (secondary N) is 2. The number of nitrogens with zero attached hydrogens (tertiary/aromatic N) is 2. The number of ether oxygens (including phenoxy) is 1. The molecule has 8 nitrogen and oxygen atoms in total. The summed E-state index contributed by atoms with van der Waals surface area (Å²) in [6.07, 6.45) is 0. The quantitative estimate of drug-likeness (QED) is 0.866. The maximum absolute atomic E-state index is 12.5. The highest BCUT2D eigenvalue weighted by molar-refractivity contribution is 5.97. The predicted octanol–water partition coefficient (Wildman–Crippen LogP) is 2.32. The Balaban J connectivity index is 2.17. The average Bonchev–Trinajstić information content (AvgIpc) is 2.92. The van der Waals surface area contributed by atoms with Gasteiger partial charge in [-0.25, -0.2) is 4.79 Å². The first-order chi connectivity index (χ1) is 11.9. The van der Waals surface area contributed by atoms with Crippen LogP contribution in [0.3, 0.4) is 0 Å².